The lowest BCUT2D eigenvalue weighted by atomic mass is 10.4. The van der Waals surface area contributed by atoms with Crippen molar-refractivity contribution in [3.05, 3.63) is 0 Å². The van der Waals surface area contributed by atoms with Gasteiger partial charge in [0, 0.05) is 0 Å². The van der Waals surface area contributed by atoms with Gasteiger partial charge in [0.25, 0.3) is 0 Å². The summed E-state index contributed by atoms with van der Waals surface area (Å²) in [4.78, 5) is 46.5. The van der Waals surface area contributed by atoms with Gasteiger partial charge in [0.15, 0.2) is 0 Å². The maximum atomic E-state index is 11.1. The highest BCUT2D eigenvalue weighted by atomic mass is 31.2. The van der Waals surface area contributed by atoms with Crippen molar-refractivity contribution in [2.24, 2.45) is 0 Å². The molecule has 0 saturated heterocycles. The number of hydrogen-bond acceptors (Lipinski definition) is 11. The smallest absolute Gasteiger partial charge is 0.377 e. The van der Waals surface area contributed by atoms with Gasteiger partial charge in [0.2, 0.25) is 12.4 Å². The number of hydrogen-bond donors (Lipinski definition) is 6. The molecule has 2 unspecified atom stereocenters. The SMILES string of the molecule is CO[P+](O)(O)OC(=O)C(O)C(O)O[P+](O)(O)OC. The second-order valence-electron chi connectivity index (χ2n) is 2.70. The third-order valence-electron chi connectivity index (χ3n) is 1.44. The minimum absolute atomic E-state index is 0.823. The molecule has 108 valence electrons. The Labute approximate surface area is 102 Å². The summed E-state index contributed by atoms with van der Waals surface area (Å²) in [5.74, 6) is -1.71. The van der Waals surface area contributed by atoms with E-state index in [1.54, 1.807) is 0 Å². The zero-order chi connectivity index (χ0) is 14.6. The number of rotatable bonds is 7. The molecule has 0 amide bonds. The first-order valence-corrected chi connectivity index (χ1v) is 7.19. The molecule has 0 aliphatic rings. The first-order chi connectivity index (χ1) is 8.04. The van der Waals surface area contributed by atoms with Gasteiger partial charge >= 0.3 is 22.3 Å². The van der Waals surface area contributed by atoms with Gasteiger partial charge in [-0.3, -0.25) is 0 Å². The van der Waals surface area contributed by atoms with Gasteiger partial charge in [-0.1, -0.05) is 0 Å². The van der Waals surface area contributed by atoms with E-state index in [-0.39, 0.29) is 0 Å². The molecule has 13 heteroatoms. The highest BCUT2D eigenvalue weighted by Crippen LogP contribution is 2.53. The van der Waals surface area contributed by atoms with Crippen LogP contribution in [0.2, 0.25) is 0 Å². The van der Waals surface area contributed by atoms with Crippen molar-refractivity contribution >= 4 is 22.3 Å². The van der Waals surface area contributed by atoms with E-state index in [0.717, 1.165) is 14.2 Å². The van der Waals surface area contributed by atoms with E-state index in [0.29, 0.717) is 0 Å². The second kappa shape index (κ2) is 6.94. The van der Waals surface area contributed by atoms with Crippen LogP contribution in [0.3, 0.4) is 0 Å². The van der Waals surface area contributed by atoms with Gasteiger partial charge in [-0.15, -0.1) is 9.05 Å². The van der Waals surface area contributed by atoms with E-state index in [4.69, 9.17) is 29.8 Å². The molecule has 18 heavy (non-hydrogen) atoms. The fourth-order valence-corrected chi connectivity index (χ4v) is 1.47. The summed E-state index contributed by atoms with van der Waals surface area (Å²) in [6, 6.07) is 0. The van der Waals surface area contributed by atoms with Gasteiger partial charge in [0.1, 0.15) is 0 Å². The monoisotopic (exact) mass is 312 g/mol. The molecule has 0 aromatic carbocycles. The topological polar surface area (TPSA) is 175 Å². The molecule has 0 aromatic rings. The number of aliphatic hydroxyl groups is 2. The molecule has 0 bridgehead atoms. The van der Waals surface area contributed by atoms with Gasteiger partial charge in [-0.2, -0.15) is 24.1 Å². The average molecular weight is 312 g/mol. The minimum atomic E-state index is -4.45. The Morgan fingerprint density at radius 1 is 1.00 bits per heavy atom. The fourth-order valence-electron chi connectivity index (χ4n) is 0.566. The summed E-state index contributed by atoms with van der Waals surface area (Å²) in [7, 11) is -7.19. The molecular weight excluding hydrogens is 298 g/mol. The molecule has 0 aliphatic heterocycles. The number of aliphatic hydroxyl groups excluding tert-OH is 2. The first kappa shape index (κ1) is 18.0. The van der Waals surface area contributed by atoms with Crippen molar-refractivity contribution in [2.45, 2.75) is 12.4 Å². The van der Waals surface area contributed by atoms with Crippen molar-refractivity contribution in [3.63, 3.8) is 0 Å². The van der Waals surface area contributed by atoms with Crippen LogP contribution in [-0.2, 0) is 22.9 Å². The van der Waals surface area contributed by atoms with Gasteiger partial charge in [-0.25, -0.2) is 9.32 Å². The Bertz CT molecular complexity index is 281. The molecule has 0 aromatic heterocycles. The predicted octanol–water partition coefficient (Wildman–Crippen LogP) is -2.16. The Morgan fingerprint density at radius 3 is 1.83 bits per heavy atom. The zero-order valence-electron chi connectivity index (χ0n) is 9.27. The molecule has 0 radical (unpaired) electrons. The minimum Gasteiger partial charge on any atom is -0.377 e. The largest absolute Gasteiger partial charge is 0.619 e. The lowest BCUT2D eigenvalue weighted by Gasteiger charge is -2.15. The van der Waals surface area contributed by atoms with Gasteiger partial charge in [0.05, 0.1) is 14.2 Å². The fraction of sp³-hybridized carbons (Fsp3) is 0.800. The molecule has 0 saturated carbocycles. The van der Waals surface area contributed by atoms with Gasteiger partial charge < -0.3 is 10.2 Å². The molecule has 0 heterocycles. The Morgan fingerprint density at radius 2 is 1.44 bits per heavy atom. The molecule has 11 nitrogen and oxygen atoms in total. The van der Waals surface area contributed by atoms with Crippen LogP contribution >= 0.6 is 16.3 Å². The van der Waals surface area contributed by atoms with Gasteiger partial charge in [-0.05, 0) is 0 Å². The van der Waals surface area contributed by atoms with E-state index in [2.05, 4.69) is 18.1 Å². The van der Waals surface area contributed by atoms with Crippen LogP contribution in [0.25, 0.3) is 0 Å². The highest BCUT2D eigenvalue weighted by Gasteiger charge is 2.49. The average Bonchev–Trinajstić information content (AvgIpc) is 2.26. The quantitative estimate of drug-likeness (QED) is 0.223. The first-order valence-electron chi connectivity index (χ1n) is 4.13. The third-order valence-corrected chi connectivity index (χ3v) is 3.30. The van der Waals surface area contributed by atoms with Crippen molar-refractivity contribution in [2.75, 3.05) is 14.2 Å². The summed E-state index contributed by atoms with van der Waals surface area (Å²) < 4.78 is 15.9. The Kier molecular flexibility index (Phi) is 6.93. The lowest BCUT2D eigenvalue weighted by Crippen LogP contribution is -2.37. The summed E-state index contributed by atoms with van der Waals surface area (Å²) in [5, 5.41) is 18.2. The Hall–Kier alpha value is -0.0300. The number of carbonyl (C=O) groups is 1. The van der Waals surface area contributed by atoms with E-state index >= 15 is 0 Å². The maximum Gasteiger partial charge on any atom is 0.619 e. The van der Waals surface area contributed by atoms with Crippen LogP contribution < -0.4 is 0 Å². The second-order valence-corrected chi connectivity index (χ2v) is 5.78. The molecule has 0 fully saturated rings. The van der Waals surface area contributed by atoms with Crippen LogP contribution in [-0.4, -0.2) is 62.4 Å². The Balaban J connectivity index is 4.47. The van der Waals surface area contributed by atoms with Crippen LogP contribution in [0.4, 0.5) is 0 Å². The van der Waals surface area contributed by atoms with Crippen LogP contribution in [0.15, 0.2) is 0 Å². The van der Waals surface area contributed by atoms with E-state index in [1.807, 2.05) is 0 Å². The highest BCUT2D eigenvalue weighted by molar-refractivity contribution is 7.55. The van der Waals surface area contributed by atoms with Crippen molar-refractivity contribution < 1.29 is 52.7 Å². The zero-order valence-corrected chi connectivity index (χ0v) is 11.1. The van der Waals surface area contributed by atoms with Crippen molar-refractivity contribution in [1.29, 1.82) is 0 Å². The summed E-state index contributed by atoms with van der Waals surface area (Å²) in [6.45, 7) is 0. The molecule has 0 rings (SSSR count). The van der Waals surface area contributed by atoms with Crippen LogP contribution in [0.1, 0.15) is 0 Å². The van der Waals surface area contributed by atoms with Crippen molar-refractivity contribution in [1.82, 2.24) is 0 Å². The molecule has 6 N–H and O–H groups in total. The van der Waals surface area contributed by atoms with Crippen LogP contribution in [0.5, 0.6) is 0 Å². The summed E-state index contributed by atoms with van der Waals surface area (Å²) in [5.41, 5.74) is 0. The van der Waals surface area contributed by atoms with Crippen LogP contribution in [0, 0.1) is 0 Å². The predicted molar refractivity (Wildman–Crippen MR) is 55.9 cm³/mol. The van der Waals surface area contributed by atoms with E-state index in [9.17, 15) is 4.79 Å². The normalized spacial score (nSPS) is 16.2. The van der Waals surface area contributed by atoms with E-state index in [1.165, 1.54) is 0 Å². The maximum absolute atomic E-state index is 11.1. The molecule has 0 aliphatic carbocycles. The molecular formula is C5H14O11P2+2. The number of carbonyl (C=O) groups excluding carboxylic acids is 1. The molecule has 0 spiro atoms. The summed E-state index contributed by atoms with van der Waals surface area (Å²) in [6.07, 6.45) is -4.86. The lowest BCUT2D eigenvalue weighted by molar-refractivity contribution is -0.170. The van der Waals surface area contributed by atoms with Crippen molar-refractivity contribution in [3.8, 4) is 0 Å². The third kappa shape index (κ3) is 6.23. The van der Waals surface area contributed by atoms with E-state index < -0.39 is 34.7 Å². The standard InChI is InChI=1S/C5H14O11P2/c1-13-17(9,10)15-4(7)3(6)5(8)16-18(11,12)14-2/h3-4,6-7,9-12H,1-2H3/q+2. The molecule has 2 atom stereocenters. The summed E-state index contributed by atoms with van der Waals surface area (Å²) >= 11 is 0.